The Kier molecular flexibility index (Phi) is 67.5. The van der Waals surface area contributed by atoms with Gasteiger partial charge in [-0.3, -0.25) is 14.4 Å². The average molecular weight is 1120 g/mol. The third-order valence-electron chi connectivity index (χ3n) is 17.1. The molecule has 0 aromatic rings. The Labute approximate surface area is 495 Å². The molecule has 0 rings (SSSR count). The monoisotopic (exact) mass is 1120 g/mol. The lowest BCUT2D eigenvalue weighted by Gasteiger charge is -2.18. The molecule has 0 saturated heterocycles. The second-order valence-electron chi connectivity index (χ2n) is 25.2. The molecule has 0 bridgehead atoms. The van der Waals surface area contributed by atoms with Crippen LogP contribution in [0.4, 0.5) is 0 Å². The van der Waals surface area contributed by atoms with Crippen LogP contribution in [0, 0.1) is 0 Å². The molecule has 0 aliphatic rings. The molecule has 1 atom stereocenters. The van der Waals surface area contributed by atoms with Gasteiger partial charge in [0.1, 0.15) is 13.2 Å². The number of hydrogen-bond donors (Lipinski definition) is 0. The van der Waals surface area contributed by atoms with E-state index in [0.29, 0.717) is 19.3 Å². The van der Waals surface area contributed by atoms with Crippen molar-refractivity contribution >= 4 is 17.9 Å². The van der Waals surface area contributed by atoms with Crippen molar-refractivity contribution in [1.82, 2.24) is 0 Å². The summed E-state index contributed by atoms with van der Waals surface area (Å²) in [6, 6.07) is 0. The number of unbranched alkanes of at least 4 members (excludes halogenated alkanes) is 58. The molecule has 0 heterocycles. The van der Waals surface area contributed by atoms with Gasteiger partial charge in [-0.15, -0.1) is 0 Å². The quantitative estimate of drug-likeness (QED) is 0.0343. The zero-order chi connectivity index (χ0) is 57.1. The van der Waals surface area contributed by atoms with E-state index >= 15 is 0 Å². The highest BCUT2D eigenvalue weighted by atomic mass is 16.6. The van der Waals surface area contributed by atoms with Crippen molar-refractivity contribution in [2.45, 2.75) is 438 Å². The summed E-state index contributed by atoms with van der Waals surface area (Å²) < 4.78 is 17.0. The Morgan fingerprint density at radius 1 is 0.203 bits per heavy atom. The molecule has 79 heavy (non-hydrogen) atoms. The van der Waals surface area contributed by atoms with Crippen LogP contribution in [-0.2, 0) is 28.6 Å². The van der Waals surface area contributed by atoms with E-state index in [-0.39, 0.29) is 31.1 Å². The van der Waals surface area contributed by atoms with E-state index in [0.717, 1.165) is 57.8 Å². The van der Waals surface area contributed by atoms with E-state index in [1.165, 1.54) is 334 Å². The van der Waals surface area contributed by atoms with Crippen LogP contribution >= 0.6 is 0 Å². The Morgan fingerprint density at radius 2 is 0.342 bits per heavy atom. The summed E-state index contributed by atoms with van der Waals surface area (Å²) in [7, 11) is 0. The highest BCUT2D eigenvalue weighted by Gasteiger charge is 2.20. The summed E-state index contributed by atoms with van der Waals surface area (Å²) in [5.41, 5.74) is 0. The molecule has 0 aromatic heterocycles. The van der Waals surface area contributed by atoms with Crippen LogP contribution in [0.1, 0.15) is 432 Å². The standard InChI is InChI=1S/C73H142O6/c1-4-7-10-13-16-19-21-23-25-27-29-31-33-34-35-36-37-38-40-41-43-45-47-49-51-54-57-60-63-66-72(75)78-69-70(68-77-71(74)65-62-59-56-53-18-15-12-9-6-3)79-73(76)67-64-61-58-55-52-50-48-46-44-42-39-32-30-28-26-24-22-20-17-14-11-8-5-2/h70H,4-69H2,1-3H3. The van der Waals surface area contributed by atoms with Crippen LogP contribution in [0.2, 0.25) is 0 Å². The van der Waals surface area contributed by atoms with Gasteiger partial charge in [0.05, 0.1) is 0 Å². The number of carbonyl (C=O) groups is 3. The lowest BCUT2D eigenvalue weighted by molar-refractivity contribution is -0.167. The summed E-state index contributed by atoms with van der Waals surface area (Å²) in [5, 5.41) is 0. The molecule has 6 nitrogen and oxygen atoms in total. The van der Waals surface area contributed by atoms with Gasteiger partial charge < -0.3 is 14.2 Å². The molecule has 6 heteroatoms. The molecule has 0 saturated carbocycles. The number of ether oxygens (including phenoxy) is 3. The predicted molar refractivity (Wildman–Crippen MR) is 344 cm³/mol. The lowest BCUT2D eigenvalue weighted by atomic mass is 10.0. The topological polar surface area (TPSA) is 78.9 Å². The second-order valence-corrected chi connectivity index (χ2v) is 25.2. The minimum atomic E-state index is -0.762. The van der Waals surface area contributed by atoms with Crippen LogP contribution in [0.15, 0.2) is 0 Å². The SMILES string of the molecule is CCCCCCCCCCCCCCCCCCCCCCCCCCCCCCCC(=O)OCC(COC(=O)CCCCCCCCCCC)OC(=O)CCCCCCCCCCCCCCCCCCCCCCCCC. The first-order valence-corrected chi connectivity index (χ1v) is 36.5. The van der Waals surface area contributed by atoms with Crippen molar-refractivity contribution in [2.75, 3.05) is 13.2 Å². The fourth-order valence-electron chi connectivity index (χ4n) is 11.6. The maximum Gasteiger partial charge on any atom is 0.306 e. The van der Waals surface area contributed by atoms with Gasteiger partial charge in [-0.05, 0) is 19.3 Å². The normalized spacial score (nSPS) is 11.9. The highest BCUT2D eigenvalue weighted by Crippen LogP contribution is 2.20. The summed E-state index contributed by atoms with van der Waals surface area (Å²) in [6.07, 6.45) is 81.7. The van der Waals surface area contributed by atoms with E-state index in [1.54, 1.807) is 0 Å². The zero-order valence-corrected chi connectivity index (χ0v) is 54.2. The van der Waals surface area contributed by atoms with Crippen LogP contribution in [0.5, 0.6) is 0 Å². The van der Waals surface area contributed by atoms with Gasteiger partial charge in [0.15, 0.2) is 6.10 Å². The van der Waals surface area contributed by atoms with Gasteiger partial charge in [-0.1, -0.05) is 393 Å². The van der Waals surface area contributed by atoms with Gasteiger partial charge in [0.2, 0.25) is 0 Å². The third kappa shape index (κ3) is 67.1. The lowest BCUT2D eigenvalue weighted by Crippen LogP contribution is -2.30. The fraction of sp³-hybridized carbons (Fsp3) is 0.959. The molecule has 470 valence electrons. The molecule has 0 radical (unpaired) electrons. The maximum absolute atomic E-state index is 12.9. The number of esters is 3. The minimum Gasteiger partial charge on any atom is -0.462 e. The van der Waals surface area contributed by atoms with Crippen molar-refractivity contribution in [2.24, 2.45) is 0 Å². The molecule has 0 aliphatic carbocycles. The van der Waals surface area contributed by atoms with E-state index in [4.69, 9.17) is 14.2 Å². The molecule has 0 aliphatic heterocycles. The number of rotatable bonds is 69. The Balaban J connectivity index is 4.04. The first kappa shape index (κ1) is 77.4. The van der Waals surface area contributed by atoms with Gasteiger partial charge in [-0.25, -0.2) is 0 Å². The number of carbonyl (C=O) groups excluding carboxylic acids is 3. The minimum absolute atomic E-state index is 0.0607. The number of hydrogen-bond acceptors (Lipinski definition) is 6. The first-order valence-electron chi connectivity index (χ1n) is 36.5. The summed E-state index contributed by atoms with van der Waals surface area (Å²) in [6.45, 7) is 6.72. The zero-order valence-electron chi connectivity index (χ0n) is 54.2. The fourth-order valence-corrected chi connectivity index (χ4v) is 11.6. The Morgan fingerprint density at radius 3 is 0.506 bits per heavy atom. The molecule has 0 spiro atoms. The van der Waals surface area contributed by atoms with E-state index in [9.17, 15) is 14.4 Å². The molecule has 0 fully saturated rings. The van der Waals surface area contributed by atoms with Crippen LogP contribution in [-0.4, -0.2) is 37.2 Å². The average Bonchev–Trinajstić information content (AvgIpc) is 3.45. The van der Waals surface area contributed by atoms with Crippen LogP contribution in [0.25, 0.3) is 0 Å². The van der Waals surface area contributed by atoms with Crippen molar-refractivity contribution in [1.29, 1.82) is 0 Å². The third-order valence-corrected chi connectivity index (χ3v) is 17.1. The molecule has 1 unspecified atom stereocenters. The van der Waals surface area contributed by atoms with Crippen molar-refractivity contribution in [3.63, 3.8) is 0 Å². The van der Waals surface area contributed by atoms with Crippen LogP contribution in [0.3, 0.4) is 0 Å². The first-order chi connectivity index (χ1) is 39.0. The smallest absolute Gasteiger partial charge is 0.306 e. The molecular formula is C73H142O6. The Hall–Kier alpha value is -1.59. The van der Waals surface area contributed by atoms with Crippen LogP contribution < -0.4 is 0 Å². The van der Waals surface area contributed by atoms with Crippen molar-refractivity contribution in [3.8, 4) is 0 Å². The van der Waals surface area contributed by atoms with E-state index in [2.05, 4.69) is 20.8 Å². The Bertz CT molecular complexity index is 1190. The highest BCUT2D eigenvalue weighted by molar-refractivity contribution is 5.71. The molecule has 0 N–H and O–H groups in total. The van der Waals surface area contributed by atoms with E-state index in [1.807, 2.05) is 0 Å². The summed E-state index contributed by atoms with van der Waals surface area (Å²) in [4.78, 5) is 38.3. The van der Waals surface area contributed by atoms with Crippen molar-refractivity contribution in [3.05, 3.63) is 0 Å². The largest absolute Gasteiger partial charge is 0.462 e. The van der Waals surface area contributed by atoms with Crippen molar-refractivity contribution < 1.29 is 28.6 Å². The van der Waals surface area contributed by atoms with Gasteiger partial charge in [-0.2, -0.15) is 0 Å². The van der Waals surface area contributed by atoms with Gasteiger partial charge in [0.25, 0.3) is 0 Å². The van der Waals surface area contributed by atoms with Gasteiger partial charge >= 0.3 is 17.9 Å². The maximum atomic E-state index is 12.9. The van der Waals surface area contributed by atoms with Gasteiger partial charge in [0, 0.05) is 19.3 Å². The summed E-state index contributed by atoms with van der Waals surface area (Å²) in [5.74, 6) is -0.825. The molecule has 0 aromatic carbocycles. The predicted octanol–water partition coefficient (Wildman–Crippen LogP) is 25.0. The molecular weight excluding hydrogens is 973 g/mol. The second kappa shape index (κ2) is 68.9. The van der Waals surface area contributed by atoms with E-state index < -0.39 is 6.10 Å². The summed E-state index contributed by atoms with van der Waals surface area (Å²) >= 11 is 0. The molecule has 0 amide bonds.